The van der Waals surface area contributed by atoms with Crippen molar-refractivity contribution in [3.63, 3.8) is 0 Å². The number of aromatic amines is 1. The average Bonchev–Trinajstić information content (AvgIpc) is 3.05. The molecule has 0 aliphatic carbocycles. The van der Waals surface area contributed by atoms with Crippen LogP contribution in [0.4, 0.5) is 0 Å². The third kappa shape index (κ3) is 4.99. The number of H-pyrrole nitrogens is 1. The summed E-state index contributed by atoms with van der Waals surface area (Å²) in [4.78, 5) is 35.9. The number of fused-ring (bicyclic) bond motifs is 1. The lowest BCUT2D eigenvalue weighted by molar-refractivity contribution is -0.132. The van der Waals surface area contributed by atoms with E-state index >= 15 is 0 Å². The lowest BCUT2D eigenvalue weighted by Gasteiger charge is -2.40. The Morgan fingerprint density at radius 3 is 2.39 bits per heavy atom. The molecule has 10 nitrogen and oxygen atoms in total. The number of hydrogen-bond acceptors (Lipinski definition) is 7. The van der Waals surface area contributed by atoms with Crippen LogP contribution in [0.2, 0.25) is 0 Å². The molecule has 2 unspecified atom stereocenters. The third-order valence-corrected chi connectivity index (χ3v) is 9.36. The zero-order valence-corrected chi connectivity index (χ0v) is 21.1. The SMILES string of the molecule is Cc1sc2nc(CCC(=O)N3CCN(S(=O)(=O)N4CC(C)OC(C)C4)CC3)[nH]c(=O)c2c1C. The largest absolute Gasteiger partial charge is 0.373 e. The molecular weight excluding hydrogens is 466 g/mol. The molecule has 2 aliphatic heterocycles. The molecule has 33 heavy (non-hydrogen) atoms. The van der Waals surface area contributed by atoms with E-state index in [0.29, 0.717) is 48.6 Å². The van der Waals surface area contributed by atoms with Gasteiger partial charge in [-0.05, 0) is 33.3 Å². The van der Waals surface area contributed by atoms with Gasteiger partial charge in [0.15, 0.2) is 0 Å². The summed E-state index contributed by atoms with van der Waals surface area (Å²) >= 11 is 1.48. The summed E-state index contributed by atoms with van der Waals surface area (Å²) in [6, 6.07) is 0. The van der Waals surface area contributed by atoms with Crippen LogP contribution >= 0.6 is 11.3 Å². The second-order valence-corrected chi connectivity index (χ2v) is 12.0. The smallest absolute Gasteiger partial charge is 0.282 e. The molecule has 2 aromatic heterocycles. The van der Waals surface area contributed by atoms with E-state index in [0.717, 1.165) is 10.4 Å². The molecule has 0 aromatic carbocycles. The van der Waals surface area contributed by atoms with Crippen LogP contribution in [0, 0.1) is 13.8 Å². The van der Waals surface area contributed by atoms with Gasteiger partial charge < -0.3 is 14.6 Å². The van der Waals surface area contributed by atoms with Gasteiger partial charge in [0.25, 0.3) is 15.8 Å². The van der Waals surface area contributed by atoms with Crippen LogP contribution in [0.1, 0.15) is 36.5 Å². The van der Waals surface area contributed by atoms with E-state index in [-0.39, 0.29) is 43.2 Å². The fraction of sp³-hybridized carbons (Fsp3) is 0.667. The molecule has 4 heterocycles. The van der Waals surface area contributed by atoms with Gasteiger partial charge >= 0.3 is 0 Å². The monoisotopic (exact) mass is 497 g/mol. The highest BCUT2D eigenvalue weighted by atomic mass is 32.2. The van der Waals surface area contributed by atoms with Gasteiger partial charge in [-0.25, -0.2) is 4.98 Å². The molecule has 1 N–H and O–H groups in total. The van der Waals surface area contributed by atoms with Crippen molar-refractivity contribution in [3.8, 4) is 0 Å². The van der Waals surface area contributed by atoms with Crippen LogP contribution in [0.15, 0.2) is 4.79 Å². The van der Waals surface area contributed by atoms with Gasteiger partial charge in [-0.2, -0.15) is 17.0 Å². The first-order chi connectivity index (χ1) is 15.6. The van der Waals surface area contributed by atoms with Gasteiger partial charge in [0.2, 0.25) is 5.91 Å². The van der Waals surface area contributed by atoms with Gasteiger partial charge in [-0.3, -0.25) is 9.59 Å². The van der Waals surface area contributed by atoms with Crippen molar-refractivity contribution in [1.82, 2.24) is 23.5 Å². The average molecular weight is 498 g/mol. The first-order valence-electron chi connectivity index (χ1n) is 11.2. The quantitative estimate of drug-likeness (QED) is 0.660. The Kier molecular flexibility index (Phi) is 6.92. The highest BCUT2D eigenvalue weighted by Crippen LogP contribution is 2.26. The van der Waals surface area contributed by atoms with Crippen molar-refractivity contribution in [2.24, 2.45) is 0 Å². The number of rotatable bonds is 5. The predicted molar refractivity (Wildman–Crippen MR) is 127 cm³/mol. The summed E-state index contributed by atoms with van der Waals surface area (Å²) in [6.45, 7) is 9.52. The maximum Gasteiger partial charge on any atom is 0.282 e. The molecule has 12 heteroatoms. The van der Waals surface area contributed by atoms with Crippen molar-refractivity contribution in [1.29, 1.82) is 0 Å². The van der Waals surface area contributed by atoms with E-state index in [1.54, 1.807) is 4.90 Å². The number of piperazine rings is 1. The molecule has 0 spiro atoms. The second kappa shape index (κ2) is 9.41. The number of amides is 1. The van der Waals surface area contributed by atoms with Crippen molar-refractivity contribution in [2.75, 3.05) is 39.3 Å². The lowest BCUT2D eigenvalue weighted by atomic mass is 10.2. The summed E-state index contributed by atoms with van der Waals surface area (Å²) in [7, 11) is -3.58. The number of hydrogen-bond donors (Lipinski definition) is 1. The third-order valence-electron chi connectivity index (χ3n) is 6.29. The molecule has 1 amide bonds. The molecule has 0 saturated carbocycles. The van der Waals surface area contributed by atoms with Crippen molar-refractivity contribution in [3.05, 3.63) is 26.6 Å². The molecule has 2 aromatic rings. The maximum atomic E-state index is 13.0. The number of aromatic nitrogens is 2. The van der Waals surface area contributed by atoms with Crippen LogP contribution in [-0.2, 0) is 26.2 Å². The highest BCUT2D eigenvalue weighted by Gasteiger charge is 2.37. The fourth-order valence-electron chi connectivity index (χ4n) is 4.45. The Morgan fingerprint density at radius 1 is 1.12 bits per heavy atom. The molecule has 0 radical (unpaired) electrons. The number of carbonyl (C=O) groups is 1. The van der Waals surface area contributed by atoms with E-state index in [2.05, 4.69) is 9.97 Å². The lowest BCUT2D eigenvalue weighted by Crippen LogP contribution is -2.57. The Labute approximate surface area is 197 Å². The molecule has 2 saturated heterocycles. The molecule has 0 bridgehead atoms. The predicted octanol–water partition coefficient (Wildman–Crippen LogP) is 1.03. The van der Waals surface area contributed by atoms with E-state index < -0.39 is 10.2 Å². The van der Waals surface area contributed by atoms with Crippen molar-refractivity contribution in [2.45, 2.75) is 52.7 Å². The van der Waals surface area contributed by atoms with E-state index in [1.165, 1.54) is 19.9 Å². The van der Waals surface area contributed by atoms with E-state index in [9.17, 15) is 18.0 Å². The molecule has 4 rings (SSSR count). The highest BCUT2D eigenvalue weighted by molar-refractivity contribution is 7.86. The van der Waals surface area contributed by atoms with Crippen molar-refractivity contribution < 1.29 is 17.9 Å². The summed E-state index contributed by atoms with van der Waals surface area (Å²) in [5, 5.41) is 0.619. The fourth-order valence-corrected chi connectivity index (χ4v) is 7.25. The summed E-state index contributed by atoms with van der Waals surface area (Å²) in [5.74, 6) is 0.431. The standard InChI is InChI=1S/C21H31N5O5S2/c1-13-11-26(12-14(2)31-13)33(29,30)25-9-7-24(8-10-25)18(27)6-5-17-22-20(28)19-15(3)16(4)32-21(19)23-17/h13-14H,5-12H2,1-4H3,(H,22,23,28). The Bertz CT molecular complexity index is 1190. The number of thiophene rings is 1. The van der Waals surface area contributed by atoms with Crippen LogP contribution < -0.4 is 5.56 Å². The summed E-state index contributed by atoms with van der Waals surface area (Å²) in [6.07, 6.45) is 0.255. The number of carbonyl (C=O) groups excluding carboxylic acids is 1. The van der Waals surface area contributed by atoms with Gasteiger partial charge in [-0.1, -0.05) is 0 Å². The van der Waals surface area contributed by atoms with Crippen LogP contribution in [0.3, 0.4) is 0 Å². The van der Waals surface area contributed by atoms with Gasteiger partial charge in [0.1, 0.15) is 10.7 Å². The van der Waals surface area contributed by atoms with Crippen LogP contribution in [-0.4, -0.2) is 89.3 Å². The molecule has 182 valence electrons. The van der Waals surface area contributed by atoms with Crippen molar-refractivity contribution >= 4 is 37.7 Å². The normalized spacial score (nSPS) is 23.3. The maximum absolute atomic E-state index is 13.0. The summed E-state index contributed by atoms with van der Waals surface area (Å²) < 4.78 is 34.7. The minimum Gasteiger partial charge on any atom is -0.373 e. The van der Waals surface area contributed by atoms with Gasteiger partial charge in [0, 0.05) is 57.0 Å². The zero-order valence-electron chi connectivity index (χ0n) is 19.5. The molecular formula is C21H31N5O5S2. The van der Waals surface area contributed by atoms with Gasteiger partial charge in [-0.15, -0.1) is 11.3 Å². The number of nitrogens with zero attached hydrogens (tertiary/aromatic N) is 4. The first kappa shape index (κ1) is 24.3. The second-order valence-electron chi connectivity index (χ2n) is 8.84. The minimum atomic E-state index is -3.58. The molecule has 2 atom stereocenters. The summed E-state index contributed by atoms with van der Waals surface area (Å²) in [5.41, 5.74) is 0.773. The topological polar surface area (TPSA) is 116 Å². The Balaban J connectivity index is 1.33. The van der Waals surface area contributed by atoms with E-state index in [1.807, 2.05) is 27.7 Å². The molecule has 2 fully saturated rings. The first-order valence-corrected chi connectivity index (χ1v) is 13.4. The van der Waals surface area contributed by atoms with Crippen LogP contribution in [0.5, 0.6) is 0 Å². The number of nitrogens with one attached hydrogen (secondary N) is 1. The Morgan fingerprint density at radius 2 is 1.76 bits per heavy atom. The molecule has 2 aliphatic rings. The number of morpholine rings is 1. The minimum absolute atomic E-state index is 0.0676. The van der Waals surface area contributed by atoms with Gasteiger partial charge in [0.05, 0.1) is 17.6 Å². The van der Waals surface area contributed by atoms with E-state index in [4.69, 9.17) is 4.74 Å². The number of aryl methyl sites for hydroxylation is 3. The van der Waals surface area contributed by atoms with Crippen LogP contribution in [0.25, 0.3) is 10.2 Å². The zero-order chi connectivity index (χ0) is 23.9. The Hall–Kier alpha value is -1.86. The number of ether oxygens (including phenoxy) is 1.